The smallest absolute Gasteiger partial charge is 0.115 e. The minimum Gasteiger partial charge on any atom is -0.508 e. The molecule has 0 aliphatic heterocycles. The van der Waals surface area contributed by atoms with E-state index in [1.54, 1.807) is 12.1 Å². The van der Waals surface area contributed by atoms with Crippen LogP contribution in [0.25, 0.3) is 0 Å². The first-order chi connectivity index (χ1) is 5.81. The van der Waals surface area contributed by atoms with Crippen molar-refractivity contribution in [3.05, 3.63) is 29.8 Å². The number of hydrogen-bond donors (Lipinski definition) is 2. The minimum atomic E-state index is 0.283. The molecular weight excluding hydrogens is 152 g/mol. The largest absolute Gasteiger partial charge is 0.508 e. The highest BCUT2D eigenvalue weighted by molar-refractivity contribution is 5.31. The maximum Gasteiger partial charge on any atom is 0.115 e. The normalized spacial score (nSPS) is 27.1. The number of benzene rings is 1. The van der Waals surface area contributed by atoms with Gasteiger partial charge in [-0.25, -0.2) is 0 Å². The van der Waals surface area contributed by atoms with Gasteiger partial charge in [0, 0.05) is 6.61 Å². The lowest BCUT2D eigenvalue weighted by atomic mass is 10.1. The standard InChI is InChI=1S/C10H12O2/c11-6-8-5-10(8)7-1-3-9(12)4-2-7/h1-4,8,10-12H,5-6H2. The first-order valence-corrected chi connectivity index (χ1v) is 4.21. The molecular formula is C10H12O2. The summed E-state index contributed by atoms with van der Waals surface area (Å²) in [6.07, 6.45) is 1.08. The summed E-state index contributed by atoms with van der Waals surface area (Å²) < 4.78 is 0. The van der Waals surface area contributed by atoms with Crippen LogP contribution in [0, 0.1) is 5.92 Å². The molecule has 0 aromatic heterocycles. The van der Waals surface area contributed by atoms with Gasteiger partial charge >= 0.3 is 0 Å². The molecule has 1 aromatic rings. The van der Waals surface area contributed by atoms with E-state index in [0.29, 0.717) is 17.6 Å². The Morgan fingerprint density at radius 2 is 1.92 bits per heavy atom. The molecule has 2 N–H and O–H groups in total. The van der Waals surface area contributed by atoms with Gasteiger partial charge in [0.25, 0.3) is 0 Å². The average Bonchev–Trinajstić information content (AvgIpc) is 2.85. The molecule has 2 unspecified atom stereocenters. The van der Waals surface area contributed by atoms with Crippen LogP contribution in [0.1, 0.15) is 17.9 Å². The number of aliphatic hydroxyl groups excluding tert-OH is 1. The fourth-order valence-corrected chi connectivity index (χ4v) is 1.58. The van der Waals surface area contributed by atoms with E-state index in [9.17, 15) is 0 Å². The fourth-order valence-electron chi connectivity index (χ4n) is 1.58. The highest BCUT2D eigenvalue weighted by atomic mass is 16.3. The van der Waals surface area contributed by atoms with Crippen molar-refractivity contribution in [2.75, 3.05) is 6.61 Å². The number of rotatable bonds is 2. The van der Waals surface area contributed by atoms with E-state index < -0.39 is 0 Å². The van der Waals surface area contributed by atoms with Crippen molar-refractivity contribution >= 4 is 0 Å². The van der Waals surface area contributed by atoms with Crippen LogP contribution in [-0.4, -0.2) is 16.8 Å². The Hall–Kier alpha value is -1.02. The van der Waals surface area contributed by atoms with Crippen molar-refractivity contribution in [3.63, 3.8) is 0 Å². The van der Waals surface area contributed by atoms with E-state index in [4.69, 9.17) is 10.2 Å². The van der Waals surface area contributed by atoms with Gasteiger partial charge in [0.2, 0.25) is 0 Å². The number of hydrogen-bond acceptors (Lipinski definition) is 2. The van der Waals surface area contributed by atoms with Gasteiger partial charge in [-0.05, 0) is 36.0 Å². The van der Waals surface area contributed by atoms with Crippen LogP contribution >= 0.6 is 0 Å². The molecule has 0 radical (unpaired) electrons. The van der Waals surface area contributed by atoms with Crippen LogP contribution in [0.2, 0.25) is 0 Å². The second-order valence-electron chi connectivity index (χ2n) is 3.38. The molecule has 0 saturated heterocycles. The lowest BCUT2D eigenvalue weighted by Gasteiger charge is -1.98. The van der Waals surface area contributed by atoms with Crippen LogP contribution in [0.5, 0.6) is 5.75 Å². The summed E-state index contributed by atoms with van der Waals surface area (Å²) in [7, 11) is 0. The third-order valence-corrected chi connectivity index (χ3v) is 2.48. The molecule has 0 heterocycles. The van der Waals surface area contributed by atoms with Crippen molar-refractivity contribution in [3.8, 4) is 5.75 Å². The Bertz CT molecular complexity index is 266. The van der Waals surface area contributed by atoms with Crippen LogP contribution in [0.3, 0.4) is 0 Å². The first-order valence-electron chi connectivity index (χ1n) is 4.21. The van der Waals surface area contributed by atoms with E-state index in [1.807, 2.05) is 12.1 Å². The van der Waals surface area contributed by atoms with Gasteiger partial charge in [0.1, 0.15) is 5.75 Å². The Morgan fingerprint density at radius 3 is 2.42 bits per heavy atom. The molecule has 0 bridgehead atoms. The molecule has 2 nitrogen and oxygen atoms in total. The molecule has 64 valence electrons. The summed E-state index contributed by atoms with van der Waals surface area (Å²) >= 11 is 0. The molecule has 2 heteroatoms. The van der Waals surface area contributed by atoms with Crippen LogP contribution in [0.4, 0.5) is 0 Å². The second kappa shape index (κ2) is 2.79. The van der Waals surface area contributed by atoms with Gasteiger partial charge in [-0.2, -0.15) is 0 Å². The molecule has 2 atom stereocenters. The van der Waals surface area contributed by atoms with Crippen molar-refractivity contribution in [2.45, 2.75) is 12.3 Å². The van der Waals surface area contributed by atoms with Crippen LogP contribution < -0.4 is 0 Å². The topological polar surface area (TPSA) is 40.5 Å². The van der Waals surface area contributed by atoms with Crippen LogP contribution in [-0.2, 0) is 0 Å². The van der Waals surface area contributed by atoms with E-state index in [-0.39, 0.29) is 6.61 Å². The molecule has 1 aromatic carbocycles. The monoisotopic (exact) mass is 164 g/mol. The summed E-state index contributed by atoms with van der Waals surface area (Å²) in [5, 5.41) is 17.9. The number of phenols is 1. The SMILES string of the molecule is OCC1CC1c1ccc(O)cc1. The maximum absolute atomic E-state index is 9.03. The van der Waals surface area contributed by atoms with E-state index in [1.165, 1.54) is 5.56 Å². The first kappa shape index (κ1) is 7.62. The summed E-state index contributed by atoms with van der Waals surface area (Å²) in [5.74, 6) is 1.28. The highest BCUT2D eigenvalue weighted by Gasteiger charge is 2.37. The molecule has 1 aliphatic carbocycles. The lowest BCUT2D eigenvalue weighted by Crippen LogP contribution is -1.87. The Morgan fingerprint density at radius 1 is 1.25 bits per heavy atom. The predicted octanol–water partition coefficient (Wildman–Crippen LogP) is 1.49. The molecule has 12 heavy (non-hydrogen) atoms. The average molecular weight is 164 g/mol. The van der Waals surface area contributed by atoms with Crippen LogP contribution in [0.15, 0.2) is 24.3 Å². The van der Waals surface area contributed by atoms with Gasteiger partial charge in [-0.15, -0.1) is 0 Å². The Labute approximate surface area is 71.5 Å². The third-order valence-electron chi connectivity index (χ3n) is 2.48. The molecule has 2 rings (SSSR count). The highest BCUT2D eigenvalue weighted by Crippen LogP contribution is 2.47. The van der Waals surface area contributed by atoms with E-state index in [2.05, 4.69) is 0 Å². The number of phenolic OH excluding ortho intramolecular Hbond substituents is 1. The second-order valence-corrected chi connectivity index (χ2v) is 3.38. The van der Waals surface area contributed by atoms with Crippen molar-refractivity contribution in [1.29, 1.82) is 0 Å². The zero-order valence-corrected chi connectivity index (χ0v) is 6.77. The lowest BCUT2D eigenvalue weighted by molar-refractivity contribution is 0.274. The van der Waals surface area contributed by atoms with Crippen molar-refractivity contribution in [1.82, 2.24) is 0 Å². The van der Waals surface area contributed by atoms with E-state index in [0.717, 1.165) is 6.42 Å². The number of aliphatic hydroxyl groups is 1. The van der Waals surface area contributed by atoms with Gasteiger partial charge < -0.3 is 10.2 Å². The zero-order valence-electron chi connectivity index (χ0n) is 6.77. The number of aromatic hydroxyl groups is 1. The minimum absolute atomic E-state index is 0.283. The van der Waals surface area contributed by atoms with Gasteiger partial charge in [-0.1, -0.05) is 12.1 Å². The summed E-state index contributed by atoms with van der Waals surface area (Å²) in [6.45, 7) is 0.283. The fraction of sp³-hybridized carbons (Fsp3) is 0.400. The molecule has 0 spiro atoms. The van der Waals surface area contributed by atoms with Crippen molar-refractivity contribution in [2.24, 2.45) is 5.92 Å². The van der Waals surface area contributed by atoms with Crippen molar-refractivity contribution < 1.29 is 10.2 Å². The quantitative estimate of drug-likeness (QED) is 0.695. The van der Waals surface area contributed by atoms with Gasteiger partial charge in [-0.3, -0.25) is 0 Å². The summed E-state index contributed by atoms with van der Waals surface area (Å²) in [4.78, 5) is 0. The molecule has 1 fully saturated rings. The predicted molar refractivity (Wildman–Crippen MR) is 46.0 cm³/mol. The maximum atomic E-state index is 9.03. The molecule has 1 aliphatic rings. The Balaban J connectivity index is 2.10. The summed E-state index contributed by atoms with van der Waals surface area (Å²) in [6, 6.07) is 7.25. The molecule has 1 saturated carbocycles. The van der Waals surface area contributed by atoms with E-state index >= 15 is 0 Å². The Kier molecular flexibility index (Phi) is 1.77. The zero-order chi connectivity index (χ0) is 8.55. The summed E-state index contributed by atoms with van der Waals surface area (Å²) in [5.41, 5.74) is 1.23. The van der Waals surface area contributed by atoms with Gasteiger partial charge in [0.05, 0.1) is 0 Å². The molecule has 0 amide bonds. The third kappa shape index (κ3) is 1.30. The van der Waals surface area contributed by atoms with Gasteiger partial charge in [0.15, 0.2) is 0 Å².